The van der Waals surface area contributed by atoms with Gasteiger partial charge in [-0.3, -0.25) is 9.59 Å². The highest BCUT2D eigenvalue weighted by Gasteiger charge is 2.42. The van der Waals surface area contributed by atoms with Crippen LogP contribution in [0.3, 0.4) is 0 Å². The van der Waals surface area contributed by atoms with Gasteiger partial charge in [0, 0.05) is 24.5 Å². The molecule has 0 aliphatic carbocycles. The Morgan fingerprint density at radius 1 is 1.12 bits per heavy atom. The molecule has 1 aliphatic rings. The van der Waals surface area contributed by atoms with Crippen LogP contribution in [0.2, 0.25) is 0 Å². The fraction of sp³-hybridized carbons (Fsp3) is 0.263. The van der Waals surface area contributed by atoms with Crippen LogP contribution >= 0.6 is 0 Å². The number of hydrogen-bond donors (Lipinski definition) is 1. The van der Waals surface area contributed by atoms with E-state index in [-0.39, 0.29) is 23.9 Å². The van der Waals surface area contributed by atoms with Gasteiger partial charge in [0.25, 0.3) is 0 Å². The summed E-state index contributed by atoms with van der Waals surface area (Å²) in [6.45, 7) is 3.70. The summed E-state index contributed by atoms with van der Waals surface area (Å²) in [5, 5.41) is 2.54. The number of nitrogens with zero attached hydrogens (tertiary/aromatic N) is 1. The van der Waals surface area contributed by atoms with E-state index in [2.05, 4.69) is 5.32 Å². The molecule has 3 rings (SSSR count). The summed E-state index contributed by atoms with van der Waals surface area (Å²) in [5.41, 5.74) is 2.00. The van der Waals surface area contributed by atoms with Gasteiger partial charge >= 0.3 is 0 Å². The van der Waals surface area contributed by atoms with Gasteiger partial charge in [-0.2, -0.15) is 0 Å². The standard InChI is InChI=1S/C19H18F2N2O2/c1-19(2)13-8-11(4-7-16(13)23(3)18(19)25)9-17(24)22-12-5-6-14(20)15(21)10-12/h4-8,10H,9H2,1-3H3,(H,22,24). The van der Waals surface area contributed by atoms with E-state index < -0.39 is 17.0 Å². The fourth-order valence-electron chi connectivity index (χ4n) is 3.09. The second-order valence-corrected chi connectivity index (χ2v) is 6.69. The van der Waals surface area contributed by atoms with Crippen LogP contribution < -0.4 is 10.2 Å². The van der Waals surface area contributed by atoms with E-state index in [4.69, 9.17) is 0 Å². The average molecular weight is 344 g/mol. The zero-order valence-corrected chi connectivity index (χ0v) is 14.2. The number of rotatable bonds is 3. The maximum atomic E-state index is 13.2. The number of fused-ring (bicyclic) bond motifs is 1. The van der Waals surface area contributed by atoms with Crippen molar-refractivity contribution in [3.63, 3.8) is 0 Å². The molecule has 1 N–H and O–H groups in total. The van der Waals surface area contributed by atoms with Gasteiger partial charge in [-0.05, 0) is 43.2 Å². The van der Waals surface area contributed by atoms with Crippen molar-refractivity contribution in [3.8, 4) is 0 Å². The highest BCUT2D eigenvalue weighted by Crippen LogP contribution is 2.41. The molecule has 0 bridgehead atoms. The summed E-state index contributed by atoms with van der Waals surface area (Å²) in [4.78, 5) is 26.1. The molecule has 0 saturated carbocycles. The molecule has 0 aromatic heterocycles. The third-order valence-corrected chi connectivity index (χ3v) is 4.50. The van der Waals surface area contributed by atoms with Gasteiger partial charge in [-0.25, -0.2) is 8.78 Å². The topological polar surface area (TPSA) is 49.4 Å². The van der Waals surface area contributed by atoms with E-state index in [1.54, 1.807) is 18.0 Å². The molecule has 0 saturated heterocycles. The lowest BCUT2D eigenvalue weighted by Crippen LogP contribution is -2.33. The Morgan fingerprint density at radius 3 is 2.52 bits per heavy atom. The van der Waals surface area contributed by atoms with Crippen molar-refractivity contribution in [1.29, 1.82) is 0 Å². The third-order valence-electron chi connectivity index (χ3n) is 4.50. The quantitative estimate of drug-likeness (QED) is 0.928. The number of likely N-dealkylation sites (N-methyl/N-ethyl adjacent to an activating group) is 1. The molecule has 4 nitrogen and oxygen atoms in total. The summed E-state index contributed by atoms with van der Waals surface area (Å²) in [7, 11) is 1.73. The number of carbonyl (C=O) groups is 2. The van der Waals surface area contributed by atoms with Gasteiger partial charge in [0.2, 0.25) is 11.8 Å². The van der Waals surface area contributed by atoms with E-state index in [1.165, 1.54) is 6.07 Å². The molecule has 25 heavy (non-hydrogen) atoms. The van der Waals surface area contributed by atoms with Gasteiger partial charge in [-0.1, -0.05) is 12.1 Å². The van der Waals surface area contributed by atoms with Gasteiger partial charge in [0.15, 0.2) is 11.6 Å². The van der Waals surface area contributed by atoms with Crippen molar-refractivity contribution in [2.45, 2.75) is 25.7 Å². The lowest BCUT2D eigenvalue weighted by molar-refractivity contribution is -0.121. The molecule has 130 valence electrons. The van der Waals surface area contributed by atoms with Crippen molar-refractivity contribution in [3.05, 3.63) is 59.2 Å². The minimum absolute atomic E-state index is 0.00545. The normalized spacial score (nSPS) is 15.2. The maximum absolute atomic E-state index is 13.2. The minimum Gasteiger partial charge on any atom is -0.326 e. The highest BCUT2D eigenvalue weighted by atomic mass is 19.2. The van der Waals surface area contributed by atoms with Gasteiger partial charge < -0.3 is 10.2 Å². The van der Waals surface area contributed by atoms with Crippen LogP contribution in [0.25, 0.3) is 0 Å². The van der Waals surface area contributed by atoms with Crippen LogP contribution in [-0.4, -0.2) is 18.9 Å². The molecule has 0 spiro atoms. The van der Waals surface area contributed by atoms with E-state index >= 15 is 0 Å². The number of carbonyl (C=O) groups excluding carboxylic acids is 2. The molecule has 0 fully saturated rings. The highest BCUT2D eigenvalue weighted by molar-refractivity contribution is 6.07. The van der Waals surface area contributed by atoms with Crippen molar-refractivity contribution >= 4 is 23.2 Å². The Morgan fingerprint density at radius 2 is 1.84 bits per heavy atom. The van der Waals surface area contributed by atoms with Crippen molar-refractivity contribution in [2.75, 3.05) is 17.3 Å². The summed E-state index contributed by atoms with van der Waals surface area (Å²) < 4.78 is 26.1. The number of benzene rings is 2. The molecule has 6 heteroatoms. The first-order chi connectivity index (χ1) is 11.7. The summed E-state index contributed by atoms with van der Waals surface area (Å²) in [6, 6.07) is 8.66. The van der Waals surface area contributed by atoms with Gasteiger partial charge in [0.05, 0.1) is 11.8 Å². The lowest BCUT2D eigenvalue weighted by atomic mass is 9.85. The Balaban J connectivity index is 1.78. The Labute approximate surface area is 144 Å². The van der Waals surface area contributed by atoms with Crippen molar-refractivity contribution in [2.24, 2.45) is 0 Å². The predicted octanol–water partition coefficient (Wildman–Crippen LogP) is 3.40. The summed E-state index contributed by atoms with van der Waals surface area (Å²) in [5.74, 6) is -2.32. The van der Waals surface area contributed by atoms with E-state index in [9.17, 15) is 18.4 Å². The molecule has 2 aromatic carbocycles. The zero-order chi connectivity index (χ0) is 18.4. The predicted molar refractivity (Wildman–Crippen MR) is 91.6 cm³/mol. The first-order valence-electron chi connectivity index (χ1n) is 7.86. The largest absolute Gasteiger partial charge is 0.326 e. The first kappa shape index (κ1) is 17.1. The number of halogens is 2. The average Bonchev–Trinajstić information content (AvgIpc) is 2.72. The number of anilines is 2. The Kier molecular flexibility index (Phi) is 4.06. The SMILES string of the molecule is CN1C(=O)C(C)(C)c2cc(CC(=O)Nc3ccc(F)c(F)c3)ccc21. The smallest absolute Gasteiger partial charge is 0.236 e. The second-order valence-electron chi connectivity index (χ2n) is 6.69. The number of nitrogens with one attached hydrogen (secondary N) is 1. The second kappa shape index (κ2) is 5.95. The molecule has 2 aromatic rings. The fourth-order valence-corrected chi connectivity index (χ4v) is 3.09. The molecular weight excluding hydrogens is 326 g/mol. The van der Waals surface area contributed by atoms with Gasteiger partial charge in [-0.15, -0.1) is 0 Å². The summed E-state index contributed by atoms with van der Waals surface area (Å²) >= 11 is 0. The molecule has 1 aliphatic heterocycles. The van der Waals surface area contributed by atoms with Crippen LogP contribution in [-0.2, 0) is 21.4 Å². The third kappa shape index (κ3) is 2.99. The lowest BCUT2D eigenvalue weighted by Gasteiger charge is -2.16. The van der Waals surface area contributed by atoms with Crippen LogP contribution in [0, 0.1) is 11.6 Å². The monoisotopic (exact) mass is 344 g/mol. The van der Waals surface area contributed by atoms with Crippen LogP contribution in [0.15, 0.2) is 36.4 Å². The van der Waals surface area contributed by atoms with E-state index in [0.29, 0.717) is 0 Å². The minimum atomic E-state index is -1.02. The molecule has 0 atom stereocenters. The van der Waals surface area contributed by atoms with Crippen molar-refractivity contribution < 1.29 is 18.4 Å². The van der Waals surface area contributed by atoms with Crippen LogP contribution in [0.1, 0.15) is 25.0 Å². The van der Waals surface area contributed by atoms with Crippen LogP contribution in [0.4, 0.5) is 20.2 Å². The summed E-state index contributed by atoms with van der Waals surface area (Å²) in [6.07, 6.45) is 0.0697. The molecule has 1 heterocycles. The van der Waals surface area contributed by atoms with Crippen LogP contribution in [0.5, 0.6) is 0 Å². The van der Waals surface area contributed by atoms with Crippen molar-refractivity contribution in [1.82, 2.24) is 0 Å². The number of hydrogen-bond acceptors (Lipinski definition) is 2. The Bertz CT molecular complexity index is 878. The van der Waals surface area contributed by atoms with E-state index in [1.807, 2.05) is 26.0 Å². The van der Waals surface area contributed by atoms with E-state index in [0.717, 1.165) is 28.9 Å². The number of amides is 2. The molecule has 0 radical (unpaired) electrons. The zero-order valence-electron chi connectivity index (χ0n) is 14.2. The maximum Gasteiger partial charge on any atom is 0.236 e. The molecular formula is C19H18F2N2O2. The Hall–Kier alpha value is -2.76. The molecule has 0 unspecified atom stereocenters. The van der Waals surface area contributed by atoms with Gasteiger partial charge in [0.1, 0.15) is 0 Å². The first-order valence-corrected chi connectivity index (χ1v) is 7.86. The molecule has 2 amide bonds.